The molecule has 1 N–H and O–H groups in total. The number of guanidine groups is 1. The molecule has 1 aromatic carbocycles. The van der Waals surface area contributed by atoms with Crippen molar-refractivity contribution in [1.82, 2.24) is 15.1 Å². The largest absolute Gasteiger partial charge is 0.371 e. The van der Waals surface area contributed by atoms with E-state index in [0.29, 0.717) is 6.04 Å². The van der Waals surface area contributed by atoms with Crippen molar-refractivity contribution in [2.24, 2.45) is 15.9 Å². The van der Waals surface area contributed by atoms with Gasteiger partial charge in [-0.2, -0.15) is 0 Å². The van der Waals surface area contributed by atoms with Gasteiger partial charge in [-0.1, -0.05) is 26.7 Å². The number of rotatable bonds is 10. The summed E-state index contributed by atoms with van der Waals surface area (Å²) in [5, 5.41) is 3.70. The van der Waals surface area contributed by atoms with E-state index < -0.39 is 0 Å². The third-order valence-corrected chi connectivity index (χ3v) is 9.44. The van der Waals surface area contributed by atoms with Crippen LogP contribution in [-0.2, 0) is 6.42 Å². The predicted molar refractivity (Wildman–Crippen MR) is 176 cm³/mol. The Hall–Kier alpha value is -2.54. The summed E-state index contributed by atoms with van der Waals surface area (Å²) in [5.41, 5.74) is 6.74. The standard InChI is InChI=1S/C34H55N7/c1-5-17-40(18-6-2)26-30-15-21-39(4)34(37-30)36-29-13-11-27(12-14-29)23-28-24-31(41-19-9-7-8-10-20-41)25-32-33(28)38(3)22-16-35-32/h15-16,24-25,27,29H,5-14,17-23,26H2,1-4H3,(H,36,37). The molecule has 3 heterocycles. The van der Waals surface area contributed by atoms with Gasteiger partial charge in [0.25, 0.3) is 0 Å². The highest BCUT2D eigenvalue weighted by molar-refractivity contribution is 5.86. The van der Waals surface area contributed by atoms with Crippen molar-refractivity contribution >= 4 is 29.2 Å². The second kappa shape index (κ2) is 14.6. The average Bonchev–Trinajstić information content (AvgIpc) is 3.26. The molecule has 1 aromatic rings. The van der Waals surface area contributed by atoms with E-state index in [1.165, 1.54) is 106 Å². The van der Waals surface area contributed by atoms with E-state index >= 15 is 0 Å². The molecular weight excluding hydrogens is 506 g/mol. The number of aliphatic imine (C=N–C) groups is 2. The van der Waals surface area contributed by atoms with Gasteiger partial charge in [-0.3, -0.25) is 9.89 Å². The van der Waals surface area contributed by atoms with Crippen LogP contribution in [0.5, 0.6) is 0 Å². The van der Waals surface area contributed by atoms with Gasteiger partial charge in [-0.25, -0.2) is 4.99 Å². The minimum absolute atomic E-state index is 0.419. The first kappa shape index (κ1) is 29.9. The molecule has 3 aliphatic heterocycles. The van der Waals surface area contributed by atoms with Crippen molar-refractivity contribution in [3.05, 3.63) is 29.5 Å². The number of hydrogen-bond acceptors (Lipinski definition) is 5. The van der Waals surface area contributed by atoms with E-state index in [1.807, 2.05) is 0 Å². The Morgan fingerprint density at radius 3 is 2.37 bits per heavy atom. The Morgan fingerprint density at radius 2 is 1.66 bits per heavy atom. The number of nitrogens with one attached hydrogen (secondary N) is 1. The molecule has 2 fully saturated rings. The van der Waals surface area contributed by atoms with Crippen LogP contribution < -0.4 is 15.1 Å². The van der Waals surface area contributed by atoms with Crippen molar-refractivity contribution < 1.29 is 0 Å². The van der Waals surface area contributed by atoms with Crippen LogP contribution in [0, 0.1) is 5.92 Å². The zero-order valence-corrected chi connectivity index (χ0v) is 26.4. The highest BCUT2D eigenvalue weighted by Gasteiger charge is 2.26. The molecule has 1 aliphatic carbocycles. The van der Waals surface area contributed by atoms with Crippen LogP contribution in [0.15, 0.2) is 33.9 Å². The molecule has 0 amide bonds. The monoisotopic (exact) mass is 561 g/mol. The van der Waals surface area contributed by atoms with Crippen LogP contribution in [-0.4, -0.2) is 87.9 Å². The van der Waals surface area contributed by atoms with Gasteiger partial charge in [-0.05, 0) is 101 Å². The average molecular weight is 562 g/mol. The molecule has 226 valence electrons. The molecule has 7 heteroatoms. The first-order valence-corrected chi connectivity index (χ1v) is 16.7. The van der Waals surface area contributed by atoms with Crippen LogP contribution in [0.3, 0.4) is 0 Å². The number of likely N-dealkylation sites (N-methyl/N-ethyl adjacent to an activating group) is 1. The molecule has 5 rings (SSSR count). The highest BCUT2D eigenvalue weighted by atomic mass is 15.3. The zero-order chi connectivity index (χ0) is 28.6. The van der Waals surface area contributed by atoms with E-state index in [9.17, 15) is 0 Å². The summed E-state index contributed by atoms with van der Waals surface area (Å²) < 4.78 is 0. The second-order valence-electron chi connectivity index (χ2n) is 12.9. The van der Waals surface area contributed by atoms with Crippen molar-refractivity contribution in [3.63, 3.8) is 0 Å². The van der Waals surface area contributed by atoms with E-state index in [2.05, 4.69) is 77.3 Å². The van der Waals surface area contributed by atoms with Gasteiger partial charge in [-0.15, -0.1) is 0 Å². The van der Waals surface area contributed by atoms with Gasteiger partial charge in [0.05, 0.1) is 24.0 Å². The fourth-order valence-electron chi connectivity index (χ4n) is 7.18. The topological polar surface area (TPSA) is 49.7 Å². The normalized spacial score (nSPS) is 24.4. The molecule has 1 saturated carbocycles. The molecule has 0 spiro atoms. The summed E-state index contributed by atoms with van der Waals surface area (Å²) in [6, 6.07) is 5.29. The predicted octanol–water partition coefficient (Wildman–Crippen LogP) is 6.22. The van der Waals surface area contributed by atoms with Crippen molar-refractivity contribution in [2.45, 2.75) is 90.5 Å². The number of hydrogen-bond donors (Lipinski definition) is 1. The van der Waals surface area contributed by atoms with E-state index in [-0.39, 0.29) is 0 Å². The van der Waals surface area contributed by atoms with Gasteiger partial charge < -0.3 is 20.0 Å². The fraction of sp³-hybridized carbons (Fsp3) is 0.706. The van der Waals surface area contributed by atoms with Crippen LogP contribution in [0.25, 0.3) is 0 Å². The minimum atomic E-state index is 0.419. The number of benzene rings is 1. The quantitative estimate of drug-likeness (QED) is 0.368. The van der Waals surface area contributed by atoms with Gasteiger partial charge in [0.15, 0.2) is 5.96 Å². The smallest absolute Gasteiger partial charge is 0.198 e. The summed E-state index contributed by atoms with van der Waals surface area (Å²) in [7, 11) is 4.40. The molecule has 0 bridgehead atoms. The Morgan fingerprint density at radius 1 is 0.927 bits per heavy atom. The molecule has 7 nitrogen and oxygen atoms in total. The Balaban J connectivity index is 1.22. The Bertz CT molecular complexity index is 1070. The SMILES string of the molecule is CCCN(CCC)CC1=CCN(C)C(=NC2CCC(Cc3cc(N4CCCCCC4)cc4c3N(C)CC=N4)CC2)N1. The lowest BCUT2D eigenvalue weighted by Crippen LogP contribution is -2.46. The molecule has 41 heavy (non-hydrogen) atoms. The third-order valence-electron chi connectivity index (χ3n) is 9.44. The molecule has 0 atom stereocenters. The van der Waals surface area contributed by atoms with Crippen LogP contribution >= 0.6 is 0 Å². The number of nitrogens with zero attached hydrogens (tertiary/aromatic N) is 6. The molecule has 0 radical (unpaired) electrons. The van der Waals surface area contributed by atoms with E-state index in [0.717, 1.165) is 51.0 Å². The first-order valence-electron chi connectivity index (χ1n) is 16.7. The summed E-state index contributed by atoms with van der Waals surface area (Å²) in [5.74, 6) is 1.79. The summed E-state index contributed by atoms with van der Waals surface area (Å²) in [6.45, 7) is 12.1. The van der Waals surface area contributed by atoms with Crippen molar-refractivity contribution in [2.75, 3.05) is 69.7 Å². The molecule has 1 saturated heterocycles. The summed E-state index contributed by atoms with van der Waals surface area (Å²) >= 11 is 0. The summed E-state index contributed by atoms with van der Waals surface area (Å²) in [4.78, 5) is 20.0. The zero-order valence-electron chi connectivity index (χ0n) is 26.4. The van der Waals surface area contributed by atoms with E-state index in [4.69, 9.17) is 9.98 Å². The maximum atomic E-state index is 5.27. The molecule has 0 unspecified atom stereocenters. The number of anilines is 2. The molecule has 0 aromatic heterocycles. The summed E-state index contributed by atoms with van der Waals surface area (Å²) in [6.07, 6.45) is 18.2. The number of fused-ring (bicyclic) bond motifs is 1. The highest BCUT2D eigenvalue weighted by Crippen LogP contribution is 2.41. The van der Waals surface area contributed by atoms with Crippen LogP contribution in [0.1, 0.15) is 83.6 Å². The molecular formula is C34H55N7. The van der Waals surface area contributed by atoms with Crippen molar-refractivity contribution in [3.8, 4) is 0 Å². The van der Waals surface area contributed by atoms with Gasteiger partial charge in [0, 0.05) is 57.9 Å². The maximum Gasteiger partial charge on any atom is 0.198 e. The van der Waals surface area contributed by atoms with Gasteiger partial charge in [0.1, 0.15) is 0 Å². The van der Waals surface area contributed by atoms with Crippen molar-refractivity contribution in [1.29, 1.82) is 0 Å². The molecule has 4 aliphatic rings. The van der Waals surface area contributed by atoms with Crippen LogP contribution in [0.4, 0.5) is 17.1 Å². The lowest BCUT2D eigenvalue weighted by molar-refractivity contribution is 0.291. The lowest BCUT2D eigenvalue weighted by atomic mass is 9.82. The van der Waals surface area contributed by atoms with Crippen LogP contribution in [0.2, 0.25) is 0 Å². The minimum Gasteiger partial charge on any atom is -0.371 e. The van der Waals surface area contributed by atoms with E-state index in [1.54, 1.807) is 0 Å². The van der Waals surface area contributed by atoms with Gasteiger partial charge in [0.2, 0.25) is 0 Å². The maximum absolute atomic E-state index is 5.27. The fourth-order valence-corrected chi connectivity index (χ4v) is 7.18. The third kappa shape index (κ3) is 7.85. The Labute approximate surface area is 249 Å². The first-order chi connectivity index (χ1) is 20.0. The Kier molecular flexibility index (Phi) is 10.6. The lowest BCUT2D eigenvalue weighted by Gasteiger charge is -2.34. The second-order valence-corrected chi connectivity index (χ2v) is 12.9. The van der Waals surface area contributed by atoms with Gasteiger partial charge >= 0.3 is 0 Å².